The predicted molar refractivity (Wildman–Crippen MR) is 76.3 cm³/mol. The molecular formula is C11H17N3O4S2. The molecule has 1 amide bonds. The monoisotopic (exact) mass is 319 g/mol. The maximum Gasteiger partial charge on any atom is 0.231 e. The highest BCUT2D eigenvalue weighted by molar-refractivity contribution is 7.92. The summed E-state index contributed by atoms with van der Waals surface area (Å²) in [6, 6.07) is 0. The van der Waals surface area contributed by atoms with Gasteiger partial charge in [0.25, 0.3) is 0 Å². The molecule has 9 heteroatoms. The molecule has 1 aliphatic heterocycles. The van der Waals surface area contributed by atoms with E-state index in [-0.39, 0.29) is 23.6 Å². The average Bonchev–Trinajstić information content (AvgIpc) is 2.96. The van der Waals surface area contributed by atoms with Crippen LogP contribution in [-0.4, -0.2) is 44.8 Å². The van der Waals surface area contributed by atoms with Crippen LogP contribution in [0.3, 0.4) is 0 Å². The number of carbonyl (C=O) groups excluding carboxylic acids is 1. The number of anilines is 1. The third kappa shape index (κ3) is 5.06. The number of hydrogen-bond acceptors (Lipinski definition) is 6. The maximum absolute atomic E-state index is 11.7. The number of amides is 1. The molecule has 0 aliphatic carbocycles. The Morgan fingerprint density at radius 1 is 1.60 bits per heavy atom. The van der Waals surface area contributed by atoms with Gasteiger partial charge in [-0.1, -0.05) is 0 Å². The Labute approximate surface area is 121 Å². The minimum atomic E-state index is -3.33. The van der Waals surface area contributed by atoms with Gasteiger partial charge in [-0.25, -0.2) is 13.4 Å². The zero-order valence-electron chi connectivity index (χ0n) is 11.1. The van der Waals surface area contributed by atoms with Crippen molar-refractivity contribution in [3.63, 3.8) is 0 Å². The first-order valence-electron chi connectivity index (χ1n) is 6.23. The molecule has 1 saturated heterocycles. The fourth-order valence-corrected chi connectivity index (χ4v) is 3.42. The van der Waals surface area contributed by atoms with Crippen molar-refractivity contribution in [1.82, 2.24) is 10.3 Å². The minimum Gasteiger partial charge on any atom is -0.376 e. The molecule has 0 saturated carbocycles. The molecule has 1 aromatic rings. The largest absolute Gasteiger partial charge is 0.376 e. The number of thiazole rings is 1. The van der Waals surface area contributed by atoms with Gasteiger partial charge in [0, 0.05) is 18.5 Å². The highest BCUT2D eigenvalue weighted by Gasteiger charge is 2.16. The van der Waals surface area contributed by atoms with E-state index in [1.165, 1.54) is 0 Å². The van der Waals surface area contributed by atoms with Gasteiger partial charge < -0.3 is 10.1 Å². The highest BCUT2D eigenvalue weighted by atomic mass is 32.2. The third-order valence-corrected chi connectivity index (χ3v) is 4.22. The molecule has 1 aromatic heterocycles. The smallest absolute Gasteiger partial charge is 0.231 e. The van der Waals surface area contributed by atoms with Crippen molar-refractivity contribution in [3.05, 3.63) is 11.1 Å². The number of sulfonamides is 1. The van der Waals surface area contributed by atoms with Gasteiger partial charge in [0.1, 0.15) is 0 Å². The van der Waals surface area contributed by atoms with Gasteiger partial charge in [0.05, 0.1) is 24.5 Å². The number of rotatable bonds is 6. The number of hydrogen-bond donors (Lipinski definition) is 2. The van der Waals surface area contributed by atoms with Gasteiger partial charge in [-0.05, 0) is 12.8 Å². The fourth-order valence-electron chi connectivity index (χ4n) is 1.85. The normalized spacial score (nSPS) is 18.9. The Hall–Kier alpha value is -1.19. The zero-order valence-corrected chi connectivity index (χ0v) is 12.7. The summed E-state index contributed by atoms with van der Waals surface area (Å²) < 4.78 is 29.8. The Morgan fingerprint density at radius 3 is 3.05 bits per heavy atom. The van der Waals surface area contributed by atoms with Crippen LogP contribution in [0.4, 0.5) is 5.13 Å². The van der Waals surface area contributed by atoms with E-state index in [4.69, 9.17) is 4.74 Å². The summed E-state index contributed by atoms with van der Waals surface area (Å²) in [7, 11) is -3.33. The summed E-state index contributed by atoms with van der Waals surface area (Å²) in [4.78, 5) is 15.8. The molecule has 0 unspecified atom stereocenters. The Balaban J connectivity index is 1.79. The number of nitrogens with zero attached hydrogens (tertiary/aromatic N) is 1. The van der Waals surface area contributed by atoms with Crippen LogP contribution in [0, 0.1) is 0 Å². The van der Waals surface area contributed by atoms with Crippen LogP contribution < -0.4 is 10.0 Å². The second kappa shape index (κ2) is 6.51. The predicted octanol–water partition coefficient (Wildman–Crippen LogP) is 0.352. The van der Waals surface area contributed by atoms with E-state index < -0.39 is 10.0 Å². The third-order valence-electron chi connectivity index (χ3n) is 2.72. The second-order valence-corrected chi connectivity index (χ2v) is 7.24. The molecule has 112 valence electrons. The van der Waals surface area contributed by atoms with E-state index in [1.54, 1.807) is 5.38 Å². The van der Waals surface area contributed by atoms with E-state index >= 15 is 0 Å². The van der Waals surface area contributed by atoms with Gasteiger partial charge in [-0.2, -0.15) is 0 Å². The van der Waals surface area contributed by atoms with Gasteiger partial charge in [0.2, 0.25) is 15.9 Å². The Bertz CT molecular complexity index is 564. The van der Waals surface area contributed by atoms with Crippen molar-refractivity contribution in [2.24, 2.45) is 0 Å². The Morgan fingerprint density at radius 2 is 2.40 bits per heavy atom. The fraction of sp³-hybridized carbons (Fsp3) is 0.636. The van der Waals surface area contributed by atoms with Crippen LogP contribution in [0.5, 0.6) is 0 Å². The molecule has 1 fully saturated rings. The van der Waals surface area contributed by atoms with Crippen molar-refractivity contribution in [1.29, 1.82) is 0 Å². The molecule has 2 rings (SSSR count). The summed E-state index contributed by atoms with van der Waals surface area (Å²) in [6.07, 6.45) is 3.31. The van der Waals surface area contributed by atoms with Crippen molar-refractivity contribution < 1.29 is 17.9 Å². The Kier molecular flexibility index (Phi) is 4.95. The van der Waals surface area contributed by atoms with E-state index in [0.717, 1.165) is 37.0 Å². The summed E-state index contributed by atoms with van der Waals surface area (Å²) in [5.74, 6) is -0.142. The summed E-state index contributed by atoms with van der Waals surface area (Å²) in [6.45, 7) is 1.27. The molecule has 0 bridgehead atoms. The van der Waals surface area contributed by atoms with Crippen LogP contribution in [0.2, 0.25) is 0 Å². The molecule has 1 aliphatic rings. The summed E-state index contributed by atoms with van der Waals surface area (Å²) >= 11 is 1.16. The first-order valence-corrected chi connectivity index (χ1v) is 9.00. The first kappa shape index (κ1) is 15.2. The van der Waals surface area contributed by atoms with Gasteiger partial charge >= 0.3 is 0 Å². The van der Waals surface area contributed by atoms with Crippen LogP contribution >= 0.6 is 11.3 Å². The second-order valence-electron chi connectivity index (χ2n) is 4.63. The number of ether oxygens (including phenoxy) is 1. The minimum absolute atomic E-state index is 0.108. The lowest BCUT2D eigenvalue weighted by molar-refractivity contribution is -0.121. The highest BCUT2D eigenvalue weighted by Crippen LogP contribution is 2.17. The maximum atomic E-state index is 11.7. The van der Waals surface area contributed by atoms with Crippen LogP contribution in [0.25, 0.3) is 0 Å². The SMILES string of the molecule is CS(=O)(=O)Nc1nc(CC(=O)NC[C@@H]2CCCO2)cs1. The summed E-state index contributed by atoms with van der Waals surface area (Å²) in [5.41, 5.74) is 0.547. The molecule has 2 heterocycles. The number of nitrogens with one attached hydrogen (secondary N) is 2. The molecule has 7 nitrogen and oxygen atoms in total. The van der Waals surface area contributed by atoms with Crippen LogP contribution in [0.1, 0.15) is 18.5 Å². The molecular weight excluding hydrogens is 302 g/mol. The van der Waals surface area contributed by atoms with Crippen molar-refractivity contribution >= 4 is 32.4 Å². The molecule has 0 aromatic carbocycles. The zero-order chi connectivity index (χ0) is 14.6. The van der Waals surface area contributed by atoms with Crippen molar-refractivity contribution in [2.75, 3.05) is 24.1 Å². The lowest BCUT2D eigenvalue weighted by Gasteiger charge is -2.09. The van der Waals surface area contributed by atoms with Gasteiger partial charge in [0.15, 0.2) is 5.13 Å². The van der Waals surface area contributed by atoms with Crippen LogP contribution in [0.15, 0.2) is 5.38 Å². The lowest BCUT2D eigenvalue weighted by Crippen LogP contribution is -2.32. The van der Waals surface area contributed by atoms with Crippen molar-refractivity contribution in [2.45, 2.75) is 25.4 Å². The van der Waals surface area contributed by atoms with Crippen molar-refractivity contribution in [3.8, 4) is 0 Å². The molecule has 1 atom stereocenters. The average molecular weight is 319 g/mol. The topological polar surface area (TPSA) is 97.4 Å². The van der Waals surface area contributed by atoms with Crippen LogP contribution in [-0.2, 0) is 26.0 Å². The van der Waals surface area contributed by atoms with E-state index in [0.29, 0.717) is 12.2 Å². The first-order chi connectivity index (χ1) is 9.42. The molecule has 0 spiro atoms. The lowest BCUT2D eigenvalue weighted by atomic mass is 10.2. The molecule has 20 heavy (non-hydrogen) atoms. The van der Waals surface area contributed by atoms with Gasteiger partial charge in [-0.15, -0.1) is 11.3 Å². The quantitative estimate of drug-likeness (QED) is 0.788. The molecule has 0 radical (unpaired) electrons. The summed E-state index contributed by atoms with van der Waals surface area (Å²) in [5, 5.41) is 4.73. The van der Waals surface area contributed by atoms with E-state index in [1.807, 2.05) is 0 Å². The molecule has 2 N–H and O–H groups in total. The number of aromatic nitrogens is 1. The van der Waals surface area contributed by atoms with Gasteiger partial charge in [-0.3, -0.25) is 9.52 Å². The van der Waals surface area contributed by atoms with E-state index in [2.05, 4.69) is 15.0 Å². The number of carbonyl (C=O) groups is 1. The standard InChI is InChI=1S/C11H17N3O4S2/c1-20(16,17)14-11-13-8(7-19-11)5-10(15)12-6-9-3-2-4-18-9/h7,9H,2-6H2,1H3,(H,12,15)(H,13,14)/t9-/m0/s1. The van der Waals surface area contributed by atoms with E-state index in [9.17, 15) is 13.2 Å².